The number of carbonyl (C=O) groups is 1. The van der Waals surface area contributed by atoms with Crippen molar-refractivity contribution in [2.24, 2.45) is 4.99 Å². The molecule has 0 aromatic heterocycles. The summed E-state index contributed by atoms with van der Waals surface area (Å²) in [5, 5.41) is 9.68. The molecule has 0 aliphatic carbocycles. The Bertz CT molecular complexity index is 797. The van der Waals surface area contributed by atoms with Crippen molar-refractivity contribution >= 4 is 53.1 Å². The van der Waals surface area contributed by atoms with E-state index in [2.05, 4.69) is 20.9 Å². The second-order valence-corrected chi connectivity index (χ2v) is 6.39. The Morgan fingerprint density at radius 2 is 1.86 bits per heavy atom. The number of guanidine groups is 1. The van der Waals surface area contributed by atoms with Crippen molar-refractivity contribution < 1.29 is 9.53 Å². The number of hydrogen-bond acceptors (Lipinski definition) is 3. The molecule has 0 aliphatic rings. The number of benzene rings is 2. The molecular formula is C20H26ClIN4O2. The average molecular weight is 517 g/mol. The predicted molar refractivity (Wildman–Crippen MR) is 126 cm³/mol. The quantitative estimate of drug-likeness (QED) is 0.296. The van der Waals surface area contributed by atoms with Gasteiger partial charge in [0.05, 0.1) is 17.8 Å². The van der Waals surface area contributed by atoms with Gasteiger partial charge >= 0.3 is 0 Å². The fourth-order valence-electron chi connectivity index (χ4n) is 2.38. The van der Waals surface area contributed by atoms with Crippen LogP contribution in [0.3, 0.4) is 0 Å². The highest BCUT2D eigenvalue weighted by atomic mass is 127. The van der Waals surface area contributed by atoms with Gasteiger partial charge in [0, 0.05) is 26.6 Å². The van der Waals surface area contributed by atoms with Crippen LogP contribution in [0.25, 0.3) is 0 Å². The van der Waals surface area contributed by atoms with E-state index in [1.807, 2.05) is 43.3 Å². The van der Waals surface area contributed by atoms with Gasteiger partial charge in [-0.25, -0.2) is 0 Å². The molecule has 2 rings (SSSR count). The van der Waals surface area contributed by atoms with Crippen LogP contribution in [0.1, 0.15) is 17.5 Å². The average Bonchev–Trinajstić information content (AvgIpc) is 2.67. The van der Waals surface area contributed by atoms with Crippen molar-refractivity contribution in [1.29, 1.82) is 0 Å². The van der Waals surface area contributed by atoms with Gasteiger partial charge in [0.15, 0.2) is 5.96 Å². The molecule has 152 valence electrons. The number of rotatable bonds is 7. The maximum absolute atomic E-state index is 12.1. The smallest absolute Gasteiger partial charge is 0.226 e. The van der Waals surface area contributed by atoms with Crippen LogP contribution >= 0.6 is 35.6 Å². The first-order valence-corrected chi connectivity index (χ1v) is 9.03. The molecule has 0 aliphatic heterocycles. The number of ether oxygens (including phenoxy) is 1. The molecule has 0 heterocycles. The molecule has 0 atom stereocenters. The summed E-state index contributed by atoms with van der Waals surface area (Å²) in [7, 11) is 3.33. The van der Waals surface area contributed by atoms with E-state index in [0.717, 1.165) is 16.9 Å². The van der Waals surface area contributed by atoms with Crippen LogP contribution < -0.4 is 20.7 Å². The van der Waals surface area contributed by atoms with Crippen molar-refractivity contribution in [3.8, 4) is 5.75 Å². The fourth-order valence-corrected chi connectivity index (χ4v) is 2.66. The van der Waals surface area contributed by atoms with Crippen molar-refractivity contribution in [3.05, 3.63) is 58.6 Å². The van der Waals surface area contributed by atoms with Crippen molar-refractivity contribution in [3.63, 3.8) is 0 Å². The van der Waals surface area contributed by atoms with Crippen LogP contribution in [0.2, 0.25) is 5.02 Å². The third-order valence-corrected chi connectivity index (χ3v) is 4.20. The van der Waals surface area contributed by atoms with Crippen LogP contribution in [-0.2, 0) is 11.3 Å². The first-order chi connectivity index (χ1) is 13.0. The number of nitrogens with one attached hydrogen (secondary N) is 3. The molecule has 6 nitrogen and oxygen atoms in total. The van der Waals surface area contributed by atoms with Crippen molar-refractivity contribution in [1.82, 2.24) is 10.6 Å². The number of nitrogens with zero attached hydrogens (tertiary/aromatic N) is 1. The lowest BCUT2D eigenvalue weighted by molar-refractivity contribution is -0.116. The summed E-state index contributed by atoms with van der Waals surface area (Å²) in [6, 6.07) is 13.3. The first-order valence-electron chi connectivity index (χ1n) is 8.65. The number of anilines is 1. The van der Waals surface area contributed by atoms with E-state index in [9.17, 15) is 4.79 Å². The Morgan fingerprint density at radius 1 is 1.14 bits per heavy atom. The maximum atomic E-state index is 12.1. The molecule has 2 aromatic rings. The van der Waals surface area contributed by atoms with Crippen molar-refractivity contribution in [2.75, 3.05) is 26.0 Å². The van der Waals surface area contributed by atoms with E-state index in [1.54, 1.807) is 20.2 Å². The highest BCUT2D eigenvalue weighted by molar-refractivity contribution is 14.0. The lowest BCUT2D eigenvalue weighted by Gasteiger charge is -2.12. The van der Waals surface area contributed by atoms with Crippen LogP contribution in [0, 0.1) is 6.92 Å². The van der Waals surface area contributed by atoms with Crippen LogP contribution in [0.5, 0.6) is 5.75 Å². The monoisotopic (exact) mass is 516 g/mol. The molecule has 0 bridgehead atoms. The largest absolute Gasteiger partial charge is 0.497 e. The molecule has 0 saturated carbocycles. The fraction of sp³-hybridized carbons (Fsp3) is 0.300. The van der Waals surface area contributed by atoms with Crippen LogP contribution in [0.15, 0.2) is 47.5 Å². The first kappa shape index (κ1) is 24.0. The van der Waals surface area contributed by atoms with Gasteiger partial charge in [-0.05, 0) is 42.3 Å². The summed E-state index contributed by atoms with van der Waals surface area (Å²) in [6.45, 7) is 3.03. The molecule has 3 N–H and O–H groups in total. The lowest BCUT2D eigenvalue weighted by Crippen LogP contribution is -2.38. The number of carbonyl (C=O) groups excluding carboxylic acids is 1. The summed E-state index contributed by atoms with van der Waals surface area (Å²) in [5.74, 6) is 1.34. The molecule has 0 fully saturated rings. The van der Waals surface area contributed by atoms with Crippen LogP contribution in [0.4, 0.5) is 5.69 Å². The van der Waals surface area contributed by atoms with E-state index in [1.165, 1.54) is 0 Å². The molecule has 28 heavy (non-hydrogen) atoms. The minimum Gasteiger partial charge on any atom is -0.497 e. The number of halogens is 2. The Hall–Kier alpha value is -2.00. The summed E-state index contributed by atoms with van der Waals surface area (Å²) < 4.78 is 5.14. The van der Waals surface area contributed by atoms with Gasteiger partial charge in [-0.3, -0.25) is 9.79 Å². The third kappa shape index (κ3) is 7.93. The van der Waals surface area contributed by atoms with Gasteiger partial charge in [0.1, 0.15) is 5.75 Å². The molecule has 0 radical (unpaired) electrons. The van der Waals surface area contributed by atoms with E-state index in [-0.39, 0.29) is 29.9 Å². The molecule has 1 amide bonds. The van der Waals surface area contributed by atoms with E-state index < -0.39 is 0 Å². The number of methoxy groups -OCH3 is 1. The third-order valence-electron chi connectivity index (χ3n) is 3.89. The summed E-state index contributed by atoms with van der Waals surface area (Å²) >= 11 is 6.13. The van der Waals surface area contributed by atoms with E-state index in [0.29, 0.717) is 36.2 Å². The summed E-state index contributed by atoms with van der Waals surface area (Å²) in [5.41, 5.74) is 2.77. The topological polar surface area (TPSA) is 74.8 Å². The normalized spacial score (nSPS) is 10.6. The standard InChI is InChI=1S/C20H25ClN4O2.HI/c1-14-4-9-18(17(21)12-14)25-19(26)10-11-23-20(22-2)24-13-15-5-7-16(27-3)8-6-15;/h4-9,12H,10-11,13H2,1-3H3,(H,25,26)(H2,22,23,24);1H. The number of amides is 1. The molecule has 0 saturated heterocycles. The Kier molecular flexibility index (Phi) is 10.7. The minimum atomic E-state index is -0.112. The lowest BCUT2D eigenvalue weighted by atomic mass is 10.2. The molecule has 8 heteroatoms. The Labute approximate surface area is 188 Å². The van der Waals surface area contributed by atoms with Gasteiger partial charge in [-0.2, -0.15) is 0 Å². The second kappa shape index (κ2) is 12.5. The zero-order chi connectivity index (χ0) is 19.6. The van der Waals surface area contributed by atoms with Gasteiger partial charge in [0.25, 0.3) is 0 Å². The minimum absolute atomic E-state index is 0. The number of aliphatic imine (C=N–C) groups is 1. The van der Waals surface area contributed by atoms with Gasteiger partial charge in [-0.15, -0.1) is 24.0 Å². The SMILES string of the molecule is CN=C(NCCC(=O)Nc1ccc(C)cc1Cl)NCc1ccc(OC)cc1.I. The highest BCUT2D eigenvalue weighted by Crippen LogP contribution is 2.22. The molecule has 2 aromatic carbocycles. The Morgan fingerprint density at radius 3 is 2.46 bits per heavy atom. The molecule has 0 spiro atoms. The van der Waals surface area contributed by atoms with Crippen LogP contribution in [-0.4, -0.2) is 32.6 Å². The maximum Gasteiger partial charge on any atom is 0.226 e. The number of hydrogen-bond donors (Lipinski definition) is 3. The van der Waals surface area contributed by atoms with E-state index in [4.69, 9.17) is 16.3 Å². The molecule has 0 unspecified atom stereocenters. The van der Waals surface area contributed by atoms with E-state index >= 15 is 0 Å². The Balaban J connectivity index is 0.00000392. The van der Waals surface area contributed by atoms with Crippen molar-refractivity contribution in [2.45, 2.75) is 19.9 Å². The second-order valence-electron chi connectivity index (χ2n) is 5.98. The zero-order valence-corrected chi connectivity index (χ0v) is 19.3. The summed E-state index contributed by atoms with van der Waals surface area (Å²) in [6.07, 6.45) is 0.299. The predicted octanol–water partition coefficient (Wildman–Crippen LogP) is 3.97. The highest BCUT2D eigenvalue weighted by Gasteiger charge is 2.06. The van der Waals surface area contributed by atoms with Gasteiger partial charge in [0.2, 0.25) is 5.91 Å². The zero-order valence-electron chi connectivity index (χ0n) is 16.2. The molecular weight excluding hydrogens is 491 g/mol. The summed E-state index contributed by atoms with van der Waals surface area (Å²) in [4.78, 5) is 16.2. The van der Waals surface area contributed by atoms with Gasteiger partial charge < -0.3 is 20.7 Å². The van der Waals surface area contributed by atoms with Gasteiger partial charge in [-0.1, -0.05) is 29.8 Å². The number of aryl methyl sites for hydroxylation is 1.